The van der Waals surface area contributed by atoms with Gasteiger partial charge in [-0.15, -0.1) is 5.12 Å². The molecule has 26 heavy (non-hydrogen) atoms. The maximum atomic E-state index is 14.4. The van der Waals surface area contributed by atoms with E-state index in [9.17, 15) is 36.3 Å². The number of hydrogen-bond acceptors (Lipinski definition) is 2. The molecule has 1 aliphatic heterocycles. The summed E-state index contributed by atoms with van der Waals surface area (Å²) in [5.74, 6) is -2.01. The predicted molar refractivity (Wildman–Crippen MR) is 77.5 cm³/mol. The van der Waals surface area contributed by atoms with Crippen LogP contribution in [0.5, 0.6) is 0 Å². The molecule has 10 heteroatoms. The maximum Gasteiger partial charge on any atom is 0.406 e. The van der Waals surface area contributed by atoms with Crippen LogP contribution in [-0.2, 0) is 5.72 Å². The number of fused-ring (bicyclic) bond motifs is 1. The fraction of sp³-hybridized carbons (Fsp3) is 0.188. The minimum Gasteiger partial charge on any atom is -0.363 e. The summed E-state index contributed by atoms with van der Waals surface area (Å²) in [6.07, 6.45) is -5.02. The number of benzene rings is 2. The fourth-order valence-electron chi connectivity index (χ4n) is 2.85. The molecule has 1 unspecified atom stereocenters. The van der Waals surface area contributed by atoms with Crippen molar-refractivity contribution in [3.63, 3.8) is 0 Å². The van der Waals surface area contributed by atoms with Crippen molar-refractivity contribution in [3.05, 3.63) is 65.2 Å². The number of hydrogen-bond donors (Lipinski definition) is 1. The van der Waals surface area contributed by atoms with Crippen LogP contribution in [0, 0.1) is 11.6 Å². The van der Waals surface area contributed by atoms with E-state index < -0.39 is 58.0 Å². The Morgan fingerprint density at radius 1 is 1.04 bits per heavy atom. The minimum absolute atomic E-state index is 0.258. The molecule has 0 aliphatic carbocycles. The maximum absolute atomic E-state index is 14.4. The van der Waals surface area contributed by atoms with Crippen molar-refractivity contribution >= 4 is 11.7 Å². The summed E-state index contributed by atoms with van der Waals surface area (Å²) in [5, 5.41) is 10.3. The summed E-state index contributed by atoms with van der Waals surface area (Å²) < 4.78 is 80.6. The zero-order valence-corrected chi connectivity index (χ0v) is 12.8. The first-order valence-corrected chi connectivity index (χ1v) is 7.17. The van der Waals surface area contributed by atoms with E-state index in [2.05, 4.69) is 0 Å². The molecular formula is C16H10F6N2O2. The number of halogens is 6. The molecule has 1 N–H and O–H groups in total. The lowest BCUT2D eigenvalue weighted by atomic mass is 9.89. The van der Waals surface area contributed by atoms with E-state index in [1.807, 2.05) is 0 Å². The predicted octanol–water partition coefficient (Wildman–Crippen LogP) is 3.85. The Morgan fingerprint density at radius 2 is 1.65 bits per heavy atom. The first kappa shape index (κ1) is 18.1. The lowest BCUT2D eigenvalue weighted by Crippen LogP contribution is -2.60. The highest BCUT2D eigenvalue weighted by Crippen LogP contribution is 2.46. The van der Waals surface area contributed by atoms with E-state index in [4.69, 9.17) is 0 Å². The molecule has 1 atom stereocenters. The topological polar surface area (TPSA) is 43.8 Å². The number of urea groups is 1. The second kappa shape index (κ2) is 5.90. The van der Waals surface area contributed by atoms with E-state index in [1.165, 1.54) is 0 Å². The number of carbonyl (C=O) groups is 1. The Kier molecular flexibility index (Phi) is 4.10. The Labute approximate surface area is 142 Å². The number of aliphatic hydroxyl groups is 1. The average molecular weight is 376 g/mol. The SMILES string of the molecule is O=C1N(F)c2cccc(F)c2C(O)(c2ccc(F)cc2)N1CC(F)(F)F. The van der Waals surface area contributed by atoms with Gasteiger partial charge in [-0.05, 0) is 24.3 Å². The molecule has 138 valence electrons. The molecule has 2 aromatic carbocycles. The molecule has 0 spiro atoms. The van der Waals surface area contributed by atoms with Gasteiger partial charge in [0.05, 0.1) is 11.3 Å². The molecule has 1 heterocycles. The van der Waals surface area contributed by atoms with Crippen molar-refractivity contribution in [2.45, 2.75) is 11.9 Å². The molecule has 0 bridgehead atoms. The lowest BCUT2D eigenvalue weighted by molar-refractivity contribution is -0.174. The molecular weight excluding hydrogens is 366 g/mol. The highest BCUT2D eigenvalue weighted by atomic mass is 19.4. The molecule has 2 aromatic rings. The summed E-state index contributed by atoms with van der Waals surface area (Å²) in [7, 11) is 0. The quantitative estimate of drug-likeness (QED) is 0.639. The molecule has 3 rings (SSSR count). The summed E-state index contributed by atoms with van der Waals surface area (Å²) in [4.78, 5) is 11.9. The monoisotopic (exact) mass is 376 g/mol. The number of rotatable bonds is 2. The zero-order valence-electron chi connectivity index (χ0n) is 12.8. The van der Waals surface area contributed by atoms with Crippen molar-refractivity contribution in [1.29, 1.82) is 0 Å². The third-order valence-corrected chi connectivity index (χ3v) is 3.93. The number of alkyl halides is 3. The van der Waals surface area contributed by atoms with E-state index in [-0.39, 0.29) is 4.90 Å². The Morgan fingerprint density at radius 3 is 2.23 bits per heavy atom. The lowest BCUT2D eigenvalue weighted by Gasteiger charge is -2.45. The number of anilines is 1. The normalized spacial score (nSPS) is 20.3. The molecule has 0 aromatic heterocycles. The van der Waals surface area contributed by atoms with Gasteiger partial charge in [0, 0.05) is 5.56 Å². The van der Waals surface area contributed by atoms with Crippen molar-refractivity contribution in [2.75, 3.05) is 11.7 Å². The molecule has 0 saturated carbocycles. The first-order valence-electron chi connectivity index (χ1n) is 7.17. The van der Waals surface area contributed by atoms with Crippen molar-refractivity contribution in [2.24, 2.45) is 0 Å². The molecule has 4 nitrogen and oxygen atoms in total. The number of amides is 2. The minimum atomic E-state index is -5.02. The third-order valence-electron chi connectivity index (χ3n) is 3.93. The van der Waals surface area contributed by atoms with Gasteiger partial charge in [-0.1, -0.05) is 22.7 Å². The van der Waals surface area contributed by atoms with Crippen LogP contribution >= 0.6 is 0 Å². The second-order valence-corrected chi connectivity index (χ2v) is 5.58. The standard InChI is InChI=1S/C16H10F6N2O2/c17-10-6-4-9(5-7-10)16(26)13-11(18)2-1-3-12(13)24(22)14(25)23(16)8-15(19,20)21/h1-7,26H,8H2. The van der Waals surface area contributed by atoms with Gasteiger partial charge in [0.15, 0.2) is 5.72 Å². The summed E-state index contributed by atoms with van der Waals surface area (Å²) in [6, 6.07) is 4.30. The second-order valence-electron chi connectivity index (χ2n) is 5.58. The smallest absolute Gasteiger partial charge is 0.363 e. The van der Waals surface area contributed by atoms with Crippen molar-refractivity contribution in [3.8, 4) is 0 Å². The van der Waals surface area contributed by atoms with Gasteiger partial charge in [-0.2, -0.15) is 13.2 Å². The summed E-state index contributed by atoms with van der Waals surface area (Å²) in [6.45, 7) is -2.06. The number of nitrogens with zero attached hydrogens (tertiary/aromatic N) is 2. The van der Waals surface area contributed by atoms with E-state index in [0.29, 0.717) is 0 Å². The van der Waals surface area contributed by atoms with Gasteiger partial charge >= 0.3 is 12.2 Å². The molecule has 2 amide bonds. The highest BCUT2D eigenvalue weighted by molar-refractivity contribution is 5.94. The first-order chi connectivity index (χ1) is 12.1. The molecule has 0 fully saturated rings. The van der Waals surface area contributed by atoms with Crippen LogP contribution in [0.2, 0.25) is 0 Å². The van der Waals surface area contributed by atoms with E-state index >= 15 is 0 Å². The fourth-order valence-corrected chi connectivity index (χ4v) is 2.85. The molecule has 1 aliphatic rings. The van der Waals surface area contributed by atoms with Crippen molar-refractivity contribution in [1.82, 2.24) is 4.90 Å². The van der Waals surface area contributed by atoms with Gasteiger partial charge in [-0.3, -0.25) is 4.90 Å². The third kappa shape index (κ3) is 2.75. The van der Waals surface area contributed by atoms with Gasteiger partial charge < -0.3 is 5.11 Å². The van der Waals surface area contributed by atoms with Gasteiger partial charge in [0.25, 0.3) is 0 Å². The van der Waals surface area contributed by atoms with Crippen LogP contribution in [0.25, 0.3) is 0 Å². The summed E-state index contributed by atoms with van der Waals surface area (Å²) >= 11 is 0. The number of carbonyl (C=O) groups excluding carboxylic acids is 1. The van der Waals surface area contributed by atoms with E-state index in [1.54, 1.807) is 0 Å². The molecule has 0 saturated heterocycles. The van der Waals surface area contributed by atoms with Gasteiger partial charge in [0.1, 0.15) is 18.2 Å². The van der Waals surface area contributed by atoms with Crippen LogP contribution in [0.3, 0.4) is 0 Å². The Balaban J connectivity index is 2.32. The highest BCUT2D eigenvalue weighted by Gasteiger charge is 2.54. The van der Waals surface area contributed by atoms with Crippen LogP contribution in [0.1, 0.15) is 11.1 Å². The van der Waals surface area contributed by atoms with Crippen LogP contribution < -0.4 is 5.12 Å². The largest absolute Gasteiger partial charge is 0.406 e. The Hall–Kier alpha value is -2.75. The Bertz CT molecular complexity index is 855. The van der Waals surface area contributed by atoms with Gasteiger partial charge in [-0.25, -0.2) is 13.6 Å². The molecule has 0 radical (unpaired) electrons. The summed E-state index contributed by atoms with van der Waals surface area (Å²) in [5.41, 5.74) is -5.07. The van der Waals surface area contributed by atoms with Crippen LogP contribution in [0.15, 0.2) is 42.5 Å². The van der Waals surface area contributed by atoms with E-state index in [0.717, 1.165) is 42.5 Å². The zero-order chi connectivity index (χ0) is 19.3. The van der Waals surface area contributed by atoms with Crippen molar-refractivity contribution < 1.29 is 36.3 Å². The van der Waals surface area contributed by atoms with Crippen LogP contribution in [-0.4, -0.2) is 28.8 Å². The average Bonchev–Trinajstić information content (AvgIpc) is 2.56. The van der Waals surface area contributed by atoms with Crippen LogP contribution in [0.4, 0.5) is 36.9 Å². The van der Waals surface area contributed by atoms with Gasteiger partial charge in [0.2, 0.25) is 0 Å².